The van der Waals surface area contributed by atoms with Gasteiger partial charge in [-0.2, -0.15) is 0 Å². The molecule has 1 rings (SSSR count). The number of carbonyl (C=O) groups is 2. The summed E-state index contributed by atoms with van der Waals surface area (Å²) in [6, 6.07) is 0.126. The molecule has 122 valence electrons. The van der Waals surface area contributed by atoms with Gasteiger partial charge in [0.05, 0.1) is 18.6 Å². The Hall–Kier alpha value is -1.10. The summed E-state index contributed by atoms with van der Waals surface area (Å²) < 4.78 is 5.62. The van der Waals surface area contributed by atoms with Gasteiger partial charge in [0.1, 0.15) is 0 Å². The van der Waals surface area contributed by atoms with Crippen LogP contribution in [0.4, 0.5) is 0 Å². The smallest absolute Gasteiger partial charge is 0.306 e. The average molecular weight is 299 g/mol. The lowest BCUT2D eigenvalue weighted by molar-refractivity contribution is -0.142. The maximum absolute atomic E-state index is 11.8. The van der Waals surface area contributed by atoms with Crippen LogP contribution >= 0.6 is 0 Å². The van der Waals surface area contributed by atoms with Gasteiger partial charge >= 0.3 is 5.97 Å². The van der Waals surface area contributed by atoms with Crippen LogP contribution < -0.4 is 5.32 Å². The van der Waals surface area contributed by atoms with Crippen LogP contribution in [0.25, 0.3) is 0 Å². The molecule has 0 aromatic rings. The van der Waals surface area contributed by atoms with Crippen LogP contribution in [0.1, 0.15) is 59.3 Å². The van der Waals surface area contributed by atoms with E-state index in [1.165, 1.54) is 0 Å². The number of carboxylic acids is 1. The molecular weight excluding hydrogens is 270 g/mol. The van der Waals surface area contributed by atoms with Crippen LogP contribution in [0, 0.1) is 11.8 Å². The fourth-order valence-electron chi connectivity index (χ4n) is 2.87. The molecular formula is C16H29NO4. The third-order valence-corrected chi connectivity index (χ3v) is 3.98. The van der Waals surface area contributed by atoms with E-state index in [0.717, 1.165) is 19.3 Å². The highest BCUT2D eigenvalue weighted by atomic mass is 16.5. The van der Waals surface area contributed by atoms with Gasteiger partial charge in [-0.1, -0.05) is 13.8 Å². The fraction of sp³-hybridized carbons (Fsp3) is 0.875. The molecule has 0 aromatic carbocycles. The number of carbonyl (C=O) groups excluding carboxylic acids is 1. The van der Waals surface area contributed by atoms with Crippen molar-refractivity contribution in [3.8, 4) is 0 Å². The number of hydrogen-bond acceptors (Lipinski definition) is 3. The number of amides is 1. The zero-order chi connectivity index (χ0) is 15.8. The van der Waals surface area contributed by atoms with E-state index in [4.69, 9.17) is 9.84 Å². The lowest BCUT2D eigenvalue weighted by Gasteiger charge is -2.26. The Morgan fingerprint density at radius 2 is 1.81 bits per heavy atom. The highest BCUT2D eigenvalue weighted by Gasteiger charge is 2.26. The van der Waals surface area contributed by atoms with Crippen molar-refractivity contribution in [1.82, 2.24) is 5.32 Å². The Kier molecular flexibility index (Phi) is 7.72. The Bertz CT molecular complexity index is 335. The van der Waals surface area contributed by atoms with Gasteiger partial charge in [-0.25, -0.2) is 0 Å². The van der Waals surface area contributed by atoms with Crippen molar-refractivity contribution >= 4 is 11.9 Å². The molecule has 2 N–H and O–H groups in total. The monoisotopic (exact) mass is 299 g/mol. The van der Waals surface area contributed by atoms with E-state index >= 15 is 0 Å². The minimum absolute atomic E-state index is 0.00511. The SMILES string of the molecule is CC(C)CC(C)OCCC(=O)NC1CCC(C(=O)O)CC1. The second-order valence-electron chi connectivity index (χ2n) is 6.52. The molecule has 5 nitrogen and oxygen atoms in total. The molecule has 0 bridgehead atoms. The Labute approximate surface area is 127 Å². The zero-order valence-corrected chi connectivity index (χ0v) is 13.4. The summed E-state index contributed by atoms with van der Waals surface area (Å²) in [5.41, 5.74) is 0. The van der Waals surface area contributed by atoms with Crippen LogP contribution in [-0.4, -0.2) is 35.7 Å². The van der Waals surface area contributed by atoms with Crippen molar-refractivity contribution in [1.29, 1.82) is 0 Å². The van der Waals surface area contributed by atoms with E-state index in [-0.39, 0.29) is 24.0 Å². The summed E-state index contributed by atoms with van der Waals surface area (Å²) in [7, 11) is 0. The van der Waals surface area contributed by atoms with E-state index in [2.05, 4.69) is 19.2 Å². The first-order valence-corrected chi connectivity index (χ1v) is 8.02. The van der Waals surface area contributed by atoms with E-state index < -0.39 is 5.97 Å². The zero-order valence-electron chi connectivity index (χ0n) is 13.4. The number of hydrogen-bond donors (Lipinski definition) is 2. The molecule has 1 atom stereocenters. The van der Waals surface area contributed by atoms with Crippen molar-refractivity contribution < 1.29 is 19.4 Å². The molecule has 21 heavy (non-hydrogen) atoms. The molecule has 0 saturated heterocycles. The van der Waals surface area contributed by atoms with E-state index in [1.54, 1.807) is 0 Å². The van der Waals surface area contributed by atoms with Gasteiger partial charge in [-0.3, -0.25) is 9.59 Å². The predicted molar refractivity (Wildman–Crippen MR) is 81.0 cm³/mol. The molecule has 1 aliphatic rings. The molecule has 0 radical (unpaired) electrons. The maximum Gasteiger partial charge on any atom is 0.306 e. The van der Waals surface area contributed by atoms with Gasteiger partial charge in [0, 0.05) is 12.5 Å². The highest BCUT2D eigenvalue weighted by molar-refractivity contribution is 5.76. The molecule has 1 aliphatic carbocycles. The molecule has 1 amide bonds. The van der Waals surface area contributed by atoms with E-state index in [0.29, 0.717) is 31.8 Å². The lowest BCUT2D eigenvalue weighted by Crippen LogP contribution is -2.39. The minimum Gasteiger partial charge on any atom is -0.481 e. The largest absolute Gasteiger partial charge is 0.481 e. The van der Waals surface area contributed by atoms with Crippen molar-refractivity contribution in [2.45, 2.75) is 71.4 Å². The summed E-state index contributed by atoms with van der Waals surface area (Å²) in [6.07, 6.45) is 4.39. The second-order valence-corrected chi connectivity index (χ2v) is 6.52. The van der Waals surface area contributed by atoms with Crippen LogP contribution in [0.3, 0.4) is 0 Å². The predicted octanol–water partition coefficient (Wildman–Crippen LogP) is 2.59. The van der Waals surface area contributed by atoms with Gasteiger partial charge in [-0.05, 0) is 44.9 Å². The van der Waals surface area contributed by atoms with Gasteiger partial charge in [0.25, 0.3) is 0 Å². The molecule has 5 heteroatoms. The van der Waals surface area contributed by atoms with Crippen molar-refractivity contribution in [2.24, 2.45) is 11.8 Å². The quantitative estimate of drug-likeness (QED) is 0.722. The molecule has 1 saturated carbocycles. The lowest BCUT2D eigenvalue weighted by atomic mass is 9.86. The Morgan fingerprint density at radius 3 is 2.33 bits per heavy atom. The standard InChI is InChI=1S/C16H29NO4/c1-11(2)10-12(3)21-9-8-15(18)17-14-6-4-13(5-7-14)16(19)20/h11-14H,4-10H2,1-3H3,(H,17,18)(H,19,20). The van der Waals surface area contributed by atoms with Crippen LogP contribution in [0.5, 0.6) is 0 Å². The molecule has 0 heterocycles. The number of rotatable bonds is 8. The fourth-order valence-corrected chi connectivity index (χ4v) is 2.87. The van der Waals surface area contributed by atoms with Crippen molar-refractivity contribution in [3.05, 3.63) is 0 Å². The van der Waals surface area contributed by atoms with Crippen molar-refractivity contribution in [2.75, 3.05) is 6.61 Å². The van der Waals surface area contributed by atoms with Crippen LogP contribution in [0.15, 0.2) is 0 Å². The summed E-state index contributed by atoms with van der Waals surface area (Å²) >= 11 is 0. The third-order valence-electron chi connectivity index (χ3n) is 3.98. The molecule has 1 fully saturated rings. The summed E-state index contributed by atoms with van der Waals surface area (Å²) in [5.74, 6) is -0.352. The Balaban J connectivity index is 2.13. The van der Waals surface area contributed by atoms with Crippen LogP contribution in [0.2, 0.25) is 0 Å². The normalized spacial score (nSPS) is 23.8. The van der Waals surface area contributed by atoms with Gasteiger partial charge in [-0.15, -0.1) is 0 Å². The number of nitrogens with one attached hydrogen (secondary N) is 1. The topological polar surface area (TPSA) is 75.6 Å². The van der Waals surface area contributed by atoms with E-state index in [1.807, 2.05) is 6.92 Å². The maximum atomic E-state index is 11.8. The molecule has 1 unspecified atom stereocenters. The number of ether oxygens (including phenoxy) is 1. The minimum atomic E-state index is -0.715. The molecule has 0 aliphatic heterocycles. The first-order chi connectivity index (χ1) is 9.88. The second kappa shape index (κ2) is 9.03. The number of aliphatic carboxylic acids is 1. The Morgan fingerprint density at radius 1 is 1.19 bits per heavy atom. The third kappa shape index (κ3) is 7.46. The van der Waals surface area contributed by atoms with Crippen LogP contribution in [-0.2, 0) is 14.3 Å². The highest BCUT2D eigenvalue weighted by Crippen LogP contribution is 2.24. The molecule has 0 spiro atoms. The van der Waals surface area contributed by atoms with Gasteiger partial charge in [0.2, 0.25) is 5.91 Å². The number of carboxylic acid groups (broad SMARTS) is 1. The molecule has 0 aromatic heterocycles. The summed E-state index contributed by atoms with van der Waals surface area (Å²) in [4.78, 5) is 22.7. The van der Waals surface area contributed by atoms with Crippen molar-refractivity contribution in [3.63, 3.8) is 0 Å². The summed E-state index contributed by atoms with van der Waals surface area (Å²) in [5, 5.41) is 11.9. The van der Waals surface area contributed by atoms with Gasteiger partial charge < -0.3 is 15.2 Å². The summed E-state index contributed by atoms with van der Waals surface area (Å²) in [6.45, 7) is 6.79. The first kappa shape index (κ1) is 18.0. The van der Waals surface area contributed by atoms with Gasteiger partial charge in [0.15, 0.2) is 0 Å². The van der Waals surface area contributed by atoms with E-state index in [9.17, 15) is 9.59 Å². The first-order valence-electron chi connectivity index (χ1n) is 8.02. The average Bonchev–Trinajstić information content (AvgIpc) is 2.38.